The van der Waals surface area contributed by atoms with Crippen molar-refractivity contribution in [1.82, 2.24) is 10.6 Å². The van der Waals surface area contributed by atoms with Crippen LogP contribution in [0, 0.1) is 0 Å². The molecular weight excluding hydrogens is 260 g/mol. The molecule has 6 heteroatoms. The van der Waals surface area contributed by atoms with E-state index in [1.807, 2.05) is 20.9 Å². The molecule has 6 nitrogen and oxygen atoms in total. The van der Waals surface area contributed by atoms with Gasteiger partial charge in [0.2, 0.25) is 0 Å². The van der Waals surface area contributed by atoms with E-state index in [1.54, 1.807) is 0 Å². The lowest BCUT2D eigenvalue weighted by Gasteiger charge is -2.14. The molecule has 0 aromatic heterocycles. The van der Waals surface area contributed by atoms with Crippen molar-refractivity contribution < 1.29 is 18.9 Å². The van der Waals surface area contributed by atoms with Crippen molar-refractivity contribution in [1.29, 1.82) is 0 Å². The van der Waals surface area contributed by atoms with E-state index in [1.165, 1.54) is 0 Å². The molecule has 0 bridgehead atoms. The summed E-state index contributed by atoms with van der Waals surface area (Å²) in [6.45, 7) is 12.8. The van der Waals surface area contributed by atoms with E-state index in [4.69, 9.17) is 18.9 Å². The zero-order valence-electron chi connectivity index (χ0n) is 13.1. The molecule has 0 aliphatic heterocycles. The van der Waals surface area contributed by atoms with E-state index >= 15 is 0 Å². The number of hydrogen-bond donors (Lipinski definition) is 2. The van der Waals surface area contributed by atoms with Gasteiger partial charge in [0.15, 0.2) is 5.88 Å². The quantitative estimate of drug-likeness (QED) is 0.343. The molecule has 0 saturated heterocycles. The number of nitrogens with one attached hydrogen (secondary N) is 2. The minimum absolute atomic E-state index is 0.326. The van der Waals surface area contributed by atoms with Gasteiger partial charge in [-0.05, 0) is 27.5 Å². The molecule has 0 aliphatic carbocycles. The Morgan fingerprint density at radius 3 is 1.90 bits per heavy atom. The Bertz CT molecular complexity index is 225. The maximum Gasteiger partial charge on any atom is 0.179 e. The fraction of sp³-hybridized carbons (Fsp3) is 0.857. The molecule has 0 heterocycles. The number of ether oxygens (including phenoxy) is 4. The van der Waals surface area contributed by atoms with Gasteiger partial charge in [-0.15, -0.1) is 0 Å². The summed E-state index contributed by atoms with van der Waals surface area (Å²) in [6, 6.07) is 0.326. The fourth-order valence-electron chi connectivity index (χ4n) is 1.30. The highest BCUT2D eigenvalue weighted by atomic mass is 16.6. The molecule has 0 unspecified atom stereocenters. The summed E-state index contributed by atoms with van der Waals surface area (Å²) in [4.78, 5) is 0. The zero-order valence-corrected chi connectivity index (χ0v) is 13.1. The van der Waals surface area contributed by atoms with Crippen molar-refractivity contribution in [2.75, 3.05) is 59.8 Å². The topological polar surface area (TPSA) is 61.0 Å². The van der Waals surface area contributed by atoms with Gasteiger partial charge >= 0.3 is 0 Å². The van der Waals surface area contributed by atoms with E-state index in [2.05, 4.69) is 17.2 Å². The maximum atomic E-state index is 5.36. The fourth-order valence-corrected chi connectivity index (χ4v) is 1.30. The van der Waals surface area contributed by atoms with E-state index in [0.717, 1.165) is 6.54 Å². The summed E-state index contributed by atoms with van der Waals surface area (Å²) >= 11 is 0. The van der Waals surface area contributed by atoms with Crippen LogP contribution in [0.15, 0.2) is 12.5 Å². The summed E-state index contributed by atoms with van der Waals surface area (Å²) in [5, 5.41) is 6.08. The average Bonchev–Trinajstić information content (AvgIpc) is 2.39. The van der Waals surface area contributed by atoms with E-state index in [-0.39, 0.29) is 0 Å². The minimum atomic E-state index is 0.326. The first-order chi connectivity index (χ1) is 9.66. The molecule has 0 radical (unpaired) electrons. The summed E-state index contributed by atoms with van der Waals surface area (Å²) in [6.07, 6.45) is 0. The average molecular weight is 290 g/mol. The van der Waals surface area contributed by atoms with Gasteiger partial charge in [-0.25, -0.2) is 0 Å². The molecule has 0 rings (SSSR count). The highest BCUT2D eigenvalue weighted by Gasteiger charge is 1.97. The molecular formula is C14H30N2O4. The standard InChI is InChI=1S/C14H30N2O4/c1-13(2)16-14(3)20-12-11-19-10-9-18-8-7-17-6-5-15-4/h13,15-16H,3,5-12H2,1-2,4H3. The van der Waals surface area contributed by atoms with Gasteiger partial charge in [0, 0.05) is 12.6 Å². The first-order valence-corrected chi connectivity index (χ1v) is 7.13. The van der Waals surface area contributed by atoms with Crippen LogP contribution in [-0.2, 0) is 18.9 Å². The monoisotopic (exact) mass is 290 g/mol. The Morgan fingerprint density at radius 1 is 0.900 bits per heavy atom. The van der Waals surface area contributed by atoms with Crippen LogP contribution in [0.3, 0.4) is 0 Å². The predicted molar refractivity (Wildman–Crippen MR) is 79.7 cm³/mol. The lowest BCUT2D eigenvalue weighted by Crippen LogP contribution is -2.23. The van der Waals surface area contributed by atoms with Gasteiger partial charge in [-0.1, -0.05) is 0 Å². The van der Waals surface area contributed by atoms with Crippen molar-refractivity contribution >= 4 is 0 Å². The van der Waals surface area contributed by atoms with Crippen molar-refractivity contribution in [3.63, 3.8) is 0 Å². The third kappa shape index (κ3) is 15.2. The number of likely N-dealkylation sites (N-methyl/N-ethyl adjacent to an activating group) is 1. The largest absolute Gasteiger partial charge is 0.477 e. The SMILES string of the molecule is C=C(NC(C)C)OCCOCCOCCOCCNC. The number of rotatable bonds is 15. The highest BCUT2D eigenvalue weighted by Crippen LogP contribution is 1.91. The van der Waals surface area contributed by atoms with Crippen LogP contribution < -0.4 is 10.6 Å². The molecule has 0 amide bonds. The van der Waals surface area contributed by atoms with Crippen LogP contribution in [0.1, 0.15) is 13.8 Å². The first kappa shape index (κ1) is 19.2. The molecule has 120 valence electrons. The Balaban J connectivity index is 3.08. The first-order valence-electron chi connectivity index (χ1n) is 7.13. The second-order valence-corrected chi connectivity index (χ2v) is 4.51. The molecule has 20 heavy (non-hydrogen) atoms. The summed E-state index contributed by atoms with van der Waals surface area (Å²) in [7, 11) is 1.90. The normalized spacial score (nSPS) is 10.8. The van der Waals surface area contributed by atoms with Crippen LogP contribution in [0.5, 0.6) is 0 Å². The van der Waals surface area contributed by atoms with Gasteiger partial charge in [-0.2, -0.15) is 0 Å². The third-order valence-corrected chi connectivity index (χ3v) is 2.19. The second kappa shape index (κ2) is 14.6. The zero-order chi connectivity index (χ0) is 15.1. The lowest BCUT2D eigenvalue weighted by atomic mass is 10.4. The van der Waals surface area contributed by atoms with Crippen molar-refractivity contribution in [3.05, 3.63) is 12.5 Å². The second-order valence-electron chi connectivity index (χ2n) is 4.51. The van der Waals surface area contributed by atoms with Crippen LogP contribution in [-0.4, -0.2) is 65.9 Å². The van der Waals surface area contributed by atoms with Gasteiger partial charge in [0.25, 0.3) is 0 Å². The molecule has 0 aliphatic rings. The van der Waals surface area contributed by atoms with Gasteiger partial charge in [-0.3, -0.25) is 0 Å². The van der Waals surface area contributed by atoms with Crippen LogP contribution in [0.4, 0.5) is 0 Å². The molecule has 0 fully saturated rings. The Hall–Kier alpha value is -0.820. The van der Waals surface area contributed by atoms with Crippen molar-refractivity contribution in [2.24, 2.45) is 0 Å². The Morgan fingerprint density at radius 2 is 1.40 bits per heavy atom. The third-order valence-electron chi connectivity index (χ3n) is 2.19. The minimum Gasteiger partial charge on any atom is -0.477 e. The predicted octanol–water partition coefficient (Wildman–Crippen LogP) is 0.741. The van der Waals surface area contributed by atoms with Gasteiger partial charge in [0.05, 0.1) is 39.6 Å². The lowest BCUT2D eigenvalue weighted by molar-refractivity contribution is 0.00432. The molecule has 0 aromatic carbocycles. The maximum absolute atomic E-state index is 5.36. The molecule has 0 aromatic rings. The molecule has 0 spiro atoms. The molecule has 0 atom stereocenters. The van der Waals surface area contributed by atoms with Crippen molar-refractivity contribution in [2.45, 2.75) is 19.9 Å². The Kier molecular flexibility index (Phi) is 14.0. The van der Waals surface area contributed by atoms with Crippen LogP contribution in [0.25, 0.3) is 0 Å². The van der Waals surface area contributed by atoms with E-state index in [0.29, 0.717) is 58.2 Å². The number of hydrogen-bond acceptors (Lipinski definition) is 6. The van der Waals surface area contributed by atoms with Gasteiger partial charge < -0.3 is 29.6 Å². The van der Waals surface area contributed by atoms with Gasteiger partial charge in [0.1, 0.15) is 6.61 Å². The van der Waals surface area contributed by atoms with E-state index < -0.39 is 0 Å². The molecule has 0 saturated carbocycles. The van der Waals surface area contributed by atoms with E-state index in [9.17, 15) is 0 Å². The smallest absolute Gasteiger partial charge is 0.179 e. The van der Waals surface area contributed by atoms with Crippen LogP contribution in [0.2, 0.25) is 0 Å². The molecule has 2 N–H and O–H groups in total. The summed E-state index contributed by atoms with van der Waals surface area (Å²) in [5.74, 6) is 0.582. The summed E-state index contributed by atoms with van der Waals surface area (Å²) in [5.41, 5.74) is 0. The Labute approximate surface area is 122 Å². The van der Waals surface area contributed by atoms with Crippen LogP contribution >= 0.6 is 0 Å². The van der Waals surface area contributed by atoms with Crippen molar-refractivity contribution in [3.8, 4) is 0 Å². The summed E-state index contributed by atoms with van der Waals surface area (Å²) < 4.78 is 21.4. The highest BCUT2D eigenvalue weighted by molar-refractivity contribution is 4.80.